The molecule has 144 valence electrons. The molecule has 0 aliphatic carbocycles. The lowest BCUT2D eigenvalue weighted by molar-refractivity contribution is -0.920. The summed E-state index contributed by atoms with van der Waals surface area (Å²) < 4.78 is 15.3. The summed E-state index contributed by atoms with van der Waals surface area (Å²) in [5.41, 5.74) is 0.439. The van der Waals surface area contributed by atoms with E-state index in [0.29, 0.717) is 22.2 Å². The molecule has 2 N–H and O–H groups in total. The average Bonchev–Trinajstić information content (AvgIpc) is 2.66. The van der Waals surface area contributed by atoms with Gasteiger partial charge in [-0.2, -0.15) is 0 Å². The second-order valence-electron chi connectivity index (χ2n) is 6.23. The number of ether oxygens (including phenoxy) is 3. The predicted octanol–water partition coefficient (Wildman–Crippen LogP) is 1.30. The fourth-order valence-electron chi connectivity index (χ4n) is 3.20. The number of carbonyl (C=O) groups is 2. The van der Waals surface area contributed by atoms with Crippen LogP contribution in [0.25, 0.3) is 0 Å². The standard InChI is InChI=1S/C18H25ClN2O5/c1-24-15-11-16(25-2)13(9-12(15)19)20-18(23)14(10-17(22)26-3)21-7-5-4-6-8-21/h9,11,14H,4-8,10H2,1-3H3,(H,20,23)/p+1/t14-/m0/s1. The lowest BCUT2D eigenvalue weighted by Gasteiger charge is -2.30. The molecule has 0 saturated carbocycles. The molecule has 1 heterocycles. The molecule has 8 heteroatoms. The summed E-state index contributed by atoms with van der Waals surface area (Å²) in [5, 5.41) is 3.21. The van der Waals surface area contributed by atoms with Gasteiger partial charge in [-0.05, 0) is 25.3 Å². The summed E-state index contributed by atoms with van der Waals surface area (Å²) in [5.74, 6) is 0.231. The Morgan fingerprint density at radius 2 is 1.77 bits per heavy atom. The molecule has 0 spiro atoms. The van der Waals surface area contributed by atoms with Crippen molar-refractivity contribution in [3.05, 3.63) is 17.2 Å². The number of quaternary nitrogens is 1. The van der Waals surface area contributed by atoms with Gasteiger partial charge in [-0.25, -0.2) is 0 Å². The van der Waals surface area contributed by atoms with Crippen molar-refractivity contribution in [2.75, 3.05) is 39.7 Å². The van der Waals surface area contributed by atoms with Gasteiger partial charge in [-0.1, -0.05) is 11.6 Å². The first-order valence-corrected chi connectivity index (χ1v) is 9.01. The normalized spacial score (nSPS) is 15.8. The number of likely N-dealkylation sites (tertiary alicyclic amines) is 1. The molecule has 1 atom stereocenters. The number of nitrogens with one attached hydrogen (secondary N) is 2. The first-order valence-electron chi connectivity index (χ1n) is 8.64. The number of esters is 1. The monoisotopic (exact) mass is 385 g/mol. The highest BCUT2D eigenvalue weighted by Gasteiger charge is 2.34. The van der Waals surface area contributed by atoms with E-state index in [9.17, 15) is 9.59 Å². The zero-order valence-corrected chi connectivity index (χ0v) is 16.1. The number of hydrogen-bond donors (Lipinski definition) is 2. The fourth-order valence-corrected chi connectivity index (χ4v) is 3.45. The highest BCUT2D eigenvalue weighted by molar-refractivity contribution is 6.32. The molecule has 1 aliphatic rings. The van der Waals surface area contributed by atoms with Gasteiger partial charge in [-0.15, -0.1) is 0 Å². The van der Waals surface area contributed by atoms with E-state index in [4.69, 9.17) is 25.8 Å². The Labute approximate surface area is 158 Å². The number of methoxy groups -OCH3 is 3. The first kappa shape index (κ1) is 20.3. The molecule has 2 rings (SSSR count). The second-order valence-corrected chi connectivity index (χ2v) is 6.64. The van der Waals surface area contributed by atoms with Gasteiger partial charge in [0.05, 0.1) is 45.1 Å². The highest BCUT2D eigenvalue weighted by atomic mass is 35.5. The third-order valence-corrected chi connectivity index (χ3v) is 4.93. The minimum Gasteiger partial charge on any atom is -0.495 e. The van der Waals surface area contributed by atoms with E-state index in [2.05, 4.69) is 5.32 Å². The van der Waals surface area contributed by atoms with Crippen LogP contribution in [0.1, 0.15) is 25.7 Å². The number of benzene rings is 1. The van der Waals surface area contributed by atoms with Crippen molar-refractivity contribution in [3.8, 4) is 11.5 Å². The lowest BCUT2D eigenvalue weighted by Crippen LogP contribution is -3.17. The van der Waals surface area contributed by atoms with Crippen LogP contribution in [0.15, 0.2) is 12.1 Å². The van der Waals surface area contributed by atoms with Gasteiger partial charge in [0.25, 0.3) is 5.91 Å². The zero-order chi connectivity index (χ0) is 19.1. The van der Waals surface area contributed by atoms with Crippen LogP contribution >= 0.6 is 11.6 Å². The Morgan fingerprint density at radius 1 is 1.12 bits per heavy atom. The largest absolute Gasteiger partial charge is 0.495 e. The molecular weight excluding hydrogens is 360 g/mol. The molecule has 1 saturated heterocycles. The molecule has 1 aromatic rings. The molecule has 1 fully saturated rings. The Bertz CT molecular complexity index is 647. The van der Waals surface area contributed by atoms with Crippen molar-refractivity contribution < 1.29 is 28.7 Å². The number of halogens is 1. The molecular formula is C18H26ClN2O5+. The summed E-state index contributed by atoms with van der Waals surface area (Å²) in [6, 6.07) is 2.67. The molecule has 7 nitrogen and oxygen atoms in total. The lowest BCUT2D eigenvalue weighted by atomic mass is 10.1. The number of amides is 1. The topological polar surface area (TPSA) is 78.3 Å². The van der Waals surface area contributed by atoms with Crippen LogP contribution in [-0.4, -0.2) is 52.3 Å². The molecule has 0 bridgehead atoms. The number of anilines is 1. The van der Waals surface area contributed by atoms with Gasteiger partial charge in [0.1, 0.15) is 17.9 Å². The first-order chi connectivity index (χ1) is 12.5. The fraction of sp³-hybridized carbons (Fsp3) is 0.556. The van der Waals surface area contributed by atoms with Crippen molar-refractivity contribution in [1.29, 1.82) is 0 Å². The Kier molecular flexibility index (Phi) is 7.53. The van der Waals surface area contributed by atoms with Crippen LogP contribution in [-0.2, 0) is 14.3 Å². The predicted molar refractivity (Wildman–Crippen MR) is 98.2 cm³/mol. The van der Waals surface area contributed by atoms with Gasteiger partial charge >= 0.3 is 5.97 Å². The van der Waals surface area contributed by atoms with Gasteiger partial charge in [0, 0.05) is 6.07 Å². The van der Waals surface area contributed by atoms with Crippen LogP contribution in [0.5, 0.6) is 11.5 Å². The van der Waals surface area contributed by atoms with Crippen molar-refractivity contribution in [2.45, 2.75) is 31.7 Å². The van der Waals surface area contributed by atoms with Crippen LogP contribution in [0.3, 0.4) is 0 Å². The van der Waals surface area contributed by atoms with E-state index in [1.54, 1.807) is 12.1 Å². The minimum atomic E-state index is -0.520. The number of rotatable bonds is 7. The van der Waals surface area contributed by atoms with Crippen molar-refractivity contribution in [3.63, 3.8) is 0 Å². The number of carbonyl (C=O) groups excluding carboxylic acids is 2. The summed E-state index contributed by atoms with van der Waals surface area (Å²) >= 11 is 6.17. The maximum absolute atomic E-state index is 12.9. The van der Waals surface area contributed by atoms with Crippen molar-refractivity contribution in [2.24, 2.45) is 0 Å². The molecule has 0 unspecified atom stereocenters. The third kappa shape index (κ3) is 5.02. The van der Waals surface area contributed by atoms with E-state index < -0.39 is 12.0 Å². The Hall–Kier alpha value is -1.99. The van der Waals surface area contributed by atoms with Crippen molar-refractivity contribution >= 4 is 29.2 Å². The molecule has 1 amide bonds. The molecule has 1 aliphatic heterocycles. The van der Waals surface area contributed by atoms with Crippen LogP contribution in [0.2, 0.25) is 5.02 Å². The van der Waals surface area contributed by atoms with Gasteiger partial charge in [0.2, 0.25) is 0 Å². The van der Waals surface area contributed by atoms with Crippen LogP contribution in [0, 0.1) is 0 Å². The quantitative estimate of drug-likeness (QED) is 0.692. The van der Waals surface area contributed by atoms with E-state index in [-0.39, 0.29) is 12.3 Å². The van der Waals surface area contributed by atoms with Gasteiger partial charge < -0.3 is 24.4 Å². The third-order valence-electron chi connectivity index (χ3n) is 4.64. The highest BCUT2D eigenvalue weighted by Crippen LogP contribution is 2.35. The SMILES string of the molecule is COC(=O)C[C@@H](C(=O)Nc1cc(Cl)c(OC)cc1OC)[NH+]1CCCCC1. The second kappa shape index (κ2) is 9.64. The average molecular weight is 386 g/mol. The summed E-state index contributed by atoms with van der Waals surface area (Å²) in [6.07, 6.45) is 3.26. The molecule has 1 aromatic carbocycles. The molecule has 0 radical (unpaired) electrons. The zero-order valence-electron chi connectivity index (χ0n) is 15.4. The van der Waals surface area contributed by atoms with Gasteiger partial charge in [-0.3, -0.25) is 9.59 Å². The van der Waals surface area contributed by atoms with E-state index in [0.717, 1.165) is 37.3 Å². The van der Waals surface area contributed by atoms with Crippen molar-refractivity contribution in [1.82, 2.24) is 0 Å². The summed E-state index contributed by atoms with van der Waals surface area (Å²) in [4.78, 5) is 25.8. The molecule has 0 aromatic heterocycles. The Balaban J connectivity index is 2.22. The number of hydrogen-bond acceptors (Lipinski definition) is 5. The van der Waals surface area contributed by atoms with Gasteiger partial charge in [0.15, 0.2) is 6.04 Å². The molecule has 26 heavy (non-hydrogen) atoms. The van der Waals surface area contributed by atoms with E-state index in [1.165, 1.54) is 21.3 Å². The minimum absolute atomic E-state index is 0.0316. The maximum atomic E-state index is 12.9. The maximum Gasteiger partial charge on any atom is 0.312 e. The Morgan fingerprint density at radius 3 is 2.35 bits per heavy atom. The summed E-state index contributed by atoms with van der Waals surface area (Å²) in [6.45, 7) is 1.71. The number of piperidine rings is 1. The smallest absolute Gasteiger partial charge is 0.312 e. The van der Waals surface area contributed by atoms with E-state index >= 15 is 0 Å². The summed E-state index contributed by atoms with van der Waals surface area (Å²) in [7, 11) is 4.33. The van der Waals surface area contributed by atoms with E-state index in [1.807, 2.05) is 0 Å². The van der Waals surface area contributed by atoms with Crippen LogP contribution < -0.4 is 19.7 Å². The van der Waals surface area contributed by atoms with Crippen LogP contribution in [0.4, 0.5) is 5.69 Å².